The van der Waals surface area contributed by atoms with Crippen molar-refractivity contribution in [2.24, 2.45) is 0 Å². The number of hydrogen-bond donors (Lipinski definition) is 1. The lowest BCUT2D eigenvalue weighted by atomic mass is 10.1. The van der Waals surface area contributed by atoms with Gasteiger partial charge in [0.1, 0.15) is 11.6 Å². The molecule has 0 aromatic heterocycles. The Morgan fingerprint density at radius 1 is 1.23 bits per heavy atom. The first-order chi connectivity index (χ1) is 10.5. The SMILES string of the molecule is CCC(Oc1cc(C)ccc1C)C(=O)Nc1ccccc1F. The van der Waals surface area contributed by atoms with Crippen LogP contribution in [0.5, 0.6) is 5.75 Å². The molecular formula is C18H20FNO2. The molecule has 2 aromatic carbocycles. The van der Waals surface area contributed by atoms with Crippen molar-refractivity contribution in [2.75, 3.05) is 5.32 Å². The van der Waals surface area contributed by atoms with Gasteiger partial charge in [0, 0.05) is 0 Å². The molecule has 1 unspecified atom stereocenters. The molecule has 0 radical (unpaired) electrons. The van der Waals surface area contributed by atoms with Gasteiger partial charge in [0.15, 0.2) is 6.10 Å². The third-order valence-electron chi connectivity index (χ3n) is 3.41. The summed E-state index contributed by atoms with van der Waals surface area (Å²) in [5.41, 5.74) is 2.18. The van der Waals surface area contributed by atoms with E-state index in [4.69, 9.17) is 4.74 Å². The molecule has 1 amide bonds. The van der Waals surface area contributed by atoms with Gasteiger partial charge in [0.2, 0.25) is 0 Å². The number of ether oxygens (including phenoxy) is 1. The Balaban J connectivity index is 2.12. The van der Waals surface area contributed by atoms with Gasteiger partial charge in [-0.3, -0.25) is 4.79 Å². The Bertz CT molecular complexity index is 670. The second-order valence-corrected chi connectivity index (χ2v) is 5.25. The molecular weight excluding hydrogens is 281 g/mol. The van der Waals surface area contributed by atoms with Gasteiger partial charge in [0.25, 0.3) is 5.91 Å². The Morgan fingerprint density at radius 3 is 2.64 bits per heavy atom. The molecule has 0 saturated heterocycles. The van der Waals surface area contributed by atoms with Crippen LogP contribution in [0.2, 0.25) is 0 Å². The molecule has 0 aliphatic carbocycles. The van der Waals surface area contributed by atoms with E-state index in [9.17, 15) is 9.18 Å². The molecule has 3 nitrogen and oxygen atoms in total. The van der Waals surface area contributed by atoms with Gasteiger partial charge in [-0.25, -0.2) is 4.39 Å². The van der Waals surface area contributed by atoms with Crippen molar-refractivity contribution in [3.63, 3.8) is 0 Å². The van der Waals surface area contributed by atoms with E-state index in [0.29, 0.717) is 12.2 Å². The molecule has 0 fully saturated rings. The summed E-state index contributed by atoms with van der Waals surface area (Å²) < 4.78 is 19.4. The molecule has 0 aliphatic heterocycles. The lowest BCUT2D eigenvalue weighted by molar-refractivity contribution is -0.122. The zero-order valence-corrected chi connectivity index (χ0v) is 13.0. The molecule has 116 valence electrons. The summed E-state index contributed by atoms with van der Waals surface area (Å²) in [6.45, 7) is 5.75. The molecule has 1 N–H and O–H groups in total. The minimum atomic E-state index is -0.667. The smallest absolute Gasteiger partial charge is 0.265 e. The predicted octanol–water partition coefficient (Wildman–Crippen LogP) is 4.24. The highest BCUT2D eigenvalue weighted by atomic mass is 19.1. The van der Waals surface area contributed by atoms with Crippen molar-refractivity contribution in [1.29, 1.82) is 0 Å². The number of amides is 1. The van der Waals surface area contributed by atoms with Gasteiger partial charge in [-0.1, -0.05) is 31.2 Å². The van der Waals surface area contributed by atoms with Crippen LogP contribution in [0.25, 0.3) is 0 Å². The first kappa shape index (κ1) is 16.0. The average molecular weight is 301 g/mol. The van der Waals surface area contributed by atoms with Crippen molar-refractivity contribution in [1.82, 2.24) is 0 Å². The number of aryl methyl sites for hydroxylation is 2. The Labute approximate surface area is 130 Å². The number of halogens is 1. The number of carbonyl (C=O) groups excluding carboxylic acids is 1. The fourth-order valence-electron chi connectivity index (χ4n) is 2.09. The van der Waals surface area contributed by atoms with Gasteiger partial charge in [-0.2, -0.15) is 0 Å². The van der Waals surface area contributed by atoms with E-state index in [1.54, 1.807) is 12.1 Å². The largest absolute Gasteiger partial charge is 0.480 e. The van der Waals surface area contributed by atoms with E-state index in [1.807, 2.05) is 39.0 Å². The normalized spacial score (nSPS) is 11.8. The fourth-order valence-corrected chi connectivity index (χ4v) is 2.09. The van der Waals surface area contributed by atoms with E-state index in [1.165, 1.54) is 12.1 Å². The Morgan fingerprint density at radius 2 is 1.95 bits per heavy atom. The maximum absolute atomic E-state index is 13.6. The van der Waals surface area contributed by atoms with Crippen LogP contribution in [0.4, 0.5) is 10.1 Å². The van der Waals surface area contributed by atoms with Crippen LogP contribution < -0.4 is 10.1 Å². The van der Waals surface area contributed by atoms with Crippen molar-refractivity contribution in [3.05, 3.63) is 59.4 Å². The second kappa shape index (κ2) is 7.07. The van der Waals surface area contributed by atoms with Crippen LogP contribution in [0.15, 0.2) is 42.5 Å². The third kappa shape index (κ3) is 3.85. The van der Waals surface area contributed by atoms with Crippen LogP contribution >= 0.6 is 0 Å². The highest BCUT2D eigenvalue weighted by Gasteiger charge is 2.20. The monoisotopic (exact) mass is 301 g/mol. The Hall–Kier alpha value is -2.36. The molecule has 0 saturated carbocycles. The number of nitrogens with one attached hydrogen (secondary N) is 1. The maximum atomic E-state index is 13.6. The highest BCUT2D eigenvalue weighted by molar-refractivity contribution is 5.94. The van der Waals surface area contributed by atoms with Gasteiger partial charge >= 0.3 is 0 Å². The number of anilines is 1. The van der Waals surface area contributed by atoms with Crippen LogP contribution in [-0.4, -0.2) is 12.0 Å². The molecule has 2 aromatic rings. The molecule has 1 atom stereocenters. The molecule has 22 heavy (non-hydrogen) atoms. The van der Waals surface area contributed by atoms with Crippen LogP contribution in [0.1, 0.15) is 24.5 Å². The summed E-state index contributed by atoms with van der Waals surface area (Å²) in [7, 11) is 0. The lowest BCUT2D eigenvalue weighted by Gasteiger charge is -2.19. The molecule has 2 rings (SSSR count). The highest BCUT2D eigenvalue weighted by Crippen LogP contribution is 2.22. The molecule has 0 bridgehead atoms. The summed E-state index contributed by atoms with van der Waals surface area (Å²) in [5.74, 6) is -0.138. The predicted molar refractivity (Wildman–Crippen MR) is 85.7 cm³/mol. The number of para-hydroxylation sites is 1. The summed E-state index contributed by atoms with van der Waals surface area (Å²) in [4.78, 5) is 12.3. The summed E-state index contributed by atoms with van der Waals surface area (Å²) >= 11 is 0. The second-order valence-electron chi connectivity index (χ2n) is 5.25. The molecule has 4 heteroatoms. The van der Waals surface area contributed by atoms with E-state index in [-0.39, 0.29) is 11.6 Å². The van der Waals surface area contributed by atoms with Gasteiger partial charge in [0.05, 0.1) is 5.69 Å². The quantitative estimate of drug-likeness (QED) is 0.897. The standard InChI is InChI=1S/C18H20FNO2/c1-4-16(22-17-11-12(2)9-10-13(17)3)18(21)20-15-8-6-5-7-14(15)19/h5-11,16H,4H2,1-3H3,(H,20,21). The molecule has 0 spiro atoms. The van der Waals surface area contributed by atoms with Crippen LogP contribution in [0.3, 0.4) is 0 Å². The number of carbonyl (C=O) groups is 1. The zero-order valence-electron chi connectivity index (χ0n) is 13.0. The summed E-state index contributed by atoms with van der Waals surface area (Å²) in [6.07, 6.45) is -0.173. The number of benzene rings is 2. The number of rotatable bonds is 5. The first-order valence-electron chi connectivity index (χ1n) is 7.30. The maximum Gasteiger partial charge on any atom is 0.265 e. The minimum absolute atomic E-state index is 0.163. The molecule has 0 aliphatic rings. The van der Waals surface area contributed by atoms with Crippen LogP contribution in [0, 0.1) is 19.7 Å². The topological polar surface area (TPSA) is 38.3 Å². The number of hydrogen-bond acceptors (Lipinski definition) is 2. The van der Waals surface area contributed by atoms with Crippen molar-refractivity contribution in [3.8, 4) is 5.75 Å². The van der Waals surface area contributed by atoms with E-state index in [2.05, 4.69) is 5.32 Å². The van der Waals surface area contributed by atoms with Gasteiger partial charge < -0.3 is 10.1 Å². The summed E-state index contributed by atoms with van der Waals surface area (Å²) in [6, 6.07) is 11.9. The Kier molecular flexibility index (Phi) is 5.15. The van der Waals surface area contributed by atoms with Gasteiger partial charge in [-0.05, 0) is 49.6 Å². The van der Waals surface area contributed by atoms with Crippen LogP contribution in [-0.2, 0) is 4.79 Å². The third-order valence-corrected chi connectivity index (χ3v) is 3.41. The first-order valence-corrected chi connectivity index (χ1v) is 7.30. The van der Waals surface area contributed by atoms with Crippen molar-refractivity contribution >= 4 is 11.6 Å². The van der Waals surface area contributed by atoms with E-state index in [0.717, 1.165) is 11.1 Å². The van der Waals surface area contributed by atoms with Crippen molar-refractivity contribution in [2.45, 2.75) is 33.3 Å². The van der Waals surface area contributed by atoms with E-state index >= 15 is 0 Å². The fraction of sp³-hybridized carbons (Fsp3) is 0.278. The zero-order chi connectivity index (χ0) is 16.1. The summed E-state index contributed by atoms with van der Waals surface area (Å²) in [5, 5.41) is 2.58. The van der Waals surface area contributed by atoms with Crippen molar-refractivity contribution < 1.29 is 13.9 Å². The minimum Gasteiger partial charge on any atom is -0.480 e. The lowest BCUT2D eigenvalue weighted by Crippen LogP contribution is -2.32. The van der Waals surface area contributed by atoms with E-state index < -0.39 is 11.9 Å². The average Bonchev–Trinajstić information content (AvgIpc) is 2.50. The van der Waals surface area contributed by atoms with Gasteiger partial charge in [-0.15, -0.1) is 0 Å². The molecule has 0 heterocycles.